The van der Waals surface area contributed by atoms with Crippen LogP contribution in [0.4, 0.5) is 0 Å². The van der Waals surface area contributed by atoms with Gasteiger partial charge in [-0.2, -0.15) is 5.10 Å². The lowest BCUT2D eigenvalue weighted by atomic mass is 9.93. The summed E-state index contributed by atoms with van der Waals surface area (Å²) in [7, 11) is 3.21. The standard InChI is InChI=1S/C17H22N4O3/c1-23-10-9-21-11-12-5-3-6-13(16(12)20-21)19-17(22)14-7-4-8-15(18-14)24-2/h4,7-8,11,13H,3,5-6,9-10H2,1-2H3,(H,19,22)/t13-/m0/s1. The number of carbonyl (C=O) groups is 1. The van der Waals surface area contributed by atoms with Crippen LogP contribution in [0.5, 0.6) is 5.88 Å². The largest absolute Gasteiger partial charge is 0.481 e. The number of hydrogen-bond donors (Lipinski definition) is 1. The summed E-state index contributed by atoms with van der Waals surface area (Å²) < 4.78 is 12.1. The molecule has 0 unspecified atom stereocenters. The van der Waals surface area contributed by atoms with Crippen molar-refractivity contribution in [3.8, 4) is 5.88 Å². The second-order valence-electron chi connectivity index (χ2n) is 5.78. The summed E-state index contributed by atoms with van der Waals surface area (Å²) in [5, 5.41) is 7.68. The molecule has 2 heterocycles. The van der Waals surface area contributed by atoms with Gasteiger partial charge in [-0.25, -0.2) is 4.98 Å². The van der Waals surface area contributed by atoms with E-state index in [1.54, 1.807) is 25.3 Å². The van der Waals surface area contributed by atoms with Gasteiger partial charge in [-0.1, -0.05) is 6.07 Å². The lowest BCUT2D eigenvalue weighted by molar-refractivity contribution is 0.0925. The molecule has 1 atom stereocenters. The van der Waals surface area contributed by atoms with E-state index in [0.29, 0.717) is 24.7 Å². The Bertz CT molecular complexity index is 714. The molecule has 2 aromatic heterocycles. The van der Waals surface area contributed by atoms with Crippen molar-refractivity contribution in [3.05, 3.63) is 41.3 Å². The monoisotopic (exact) mass is 330 g/mol. The van der Waals surface area contributed by atoms with Gasteiger partial charge in [0.05, 0.1) is 32.0 Å². The molecule has 1 amide bonds. The lowest BCUT2D eigenvalue weighted by Crippen LogP contribution is -2.31. The van der Waals surface area contributed by atoms with Gasteiger partial charge in [0.1, 0.15) is 5.69 Å². The molecule has 0 fully saturated rings. The fraction of sp³-hybridized carbons (Fsp3) is 0.471. The fourth-order valence-electron chi connectivity index (χ4n) is 2.92. The van der Waals surface area contributed by atoms with E-state index in [2.05, 4.69) is 21.6 Å². The summed E-state index contributed by atoms with van der Waals surface area (Å²) in [6.45, 7) is 1.33. The highest BCUT2D eigenvalue weighted by atomic mass is 16.5. The molecule has 0 bridgehead atoms. The number of rotatable bonds is 6. The zero-order valence-electron chi connectivity index (χ0n) is 14.0. The maximum Gasteiger partial charge on any atom is 0.270 e. The predicted molar refractivity (Wildman–Crippen MR) is 88.0 cm³/mol. The normalized spacial score (nSPS) is 16.5. The second-order valence-corrected chi connectivity index (χ2v) is 5.78. The third-order valence-electron chi connectivity index (χ3n) is 4.13. The van der Waals surface area contributed by atoms with Crippen LogP contribution in [0.1, 0.15) is 40.6 Å². The van der Waals surface area contributed by atoms with Gasteiger partial charge in [0, 0.05) is 19.4 Å². The molecule has 1 N–H and O–H groups in total. The number of hydrogen-bond acceptors (Lipinski definition) is 5. The van der Waals surface area contributed by atoms with Crippen LogP contribution in [0.3, 0.4) is 0 Å². The van der Waals surface area contributed by atoms with Gasteiger partial charge in [-0.3, -0.25) is 9.48 Å². The number of pyridine rings is 1. The average Bonchev–Trinajstić information content (AvgIpc) is 3.04. The molecular weight excluding hydrogens is 308 g/mol. The third kappa shape index (κ3) is 3.56. The molecule has 128 valence electrons. The number of aryl methyl sites for hydroxylation is 1. The zero-order valence-corrected chi connectivity index (χ0v) is 14.0. The van der Waals surface area contributed by atoms with Gasteiger partial charge >= 0.3 is 0 Å². The quantitative estimate of drug-likeness (QED) is 0.873. The highest BCUT2D eigenvalue weighted by molar-refractivity contribution is 5.92. The van der Waals surface area contributed by atoms with Crippen LogP contribution in [-0.4, -0.2) is 41.5 Å². The smallest absolute Gasteiger partial charge is 0.270 e. The Labute approximate surface area is 141 Å². The number of fused-ring (bicyclic) bond motifs is 1. The zero-order chi connectivity index (χ0) is 16.9. The molecule has 0 spiro atoms. The Balaban J connectivity index is 1.74. The SMILES string of the molecule is COCCn1cc2c(n1)[C@@H](NC(=O)c1cccc(OC)n1)CCC2. The Morgan fingerprint density at radius 1 is 1.42 bits per heavy atom. The lowest BCUT2D eigenvalue weighted by Gasteiger charge is -2.22. The van der Waals surface area contributed by atoms with Crippen LogP contribution in [0.15, 0.2) is 24.4 Å². The van der Waals surface area contributed by atoms with Gasteiger partial charge in [-0.15, -0.1) is 0 Å². The fourth-order valence-corrected chi connectivity index (χ4v) is 2.92. The molecule has 7 nitrogen and oxygen atoms in total. The van der Waals surface area contributed by atoms with E-state index in [-0.39, 0.29) is 11.9 Å². The molecule has 0 saturated heterocycles. The third-order valence-corrected chi connectivity index (χ3v) is 4.13. The molecular formula is C17H22N4O3. The number of methoxy groups -OCH3 is 2. The first-order valence-electron chi connectivity index (χ1n) is 8.08. The Hall–Kier alpha value is -2.41. The number of carbonyl (C=O) groups excluding carboxylic acids is 1. The van der Waals surface area contributed by atoms with Crippen molar-refractivity contribution >= 4 is 5.91 Å². The Kier molecular flexibility index (Phi) is 5.10. The number of amides is 1. The van der Waals surface area contributed by atoms with Crippen LogP contribution in [0, 0.1) is 0 Å². The second kappa shape index (κ2) is 7.44. The van der Waals surface area contributed by atoms with Crippen molar-refractivity contribution in [2.75, 3.05) is 20.8 Å². The van der Waals surface area contributed by atoms with E-state index in [4.69, 9.17) is 9.47 Å². The minimum atomic E-state index is -0.210. The van der Waals surface area contributed by atoms with E-state index in [1.165, 1.54) is 12.7 Å². The summed E-state index contributed by atoms with van der Waals surface area (Å²) >= 11 is 0. The minimum absolute atomic E-state index is 0.0851. The van der Waals surface area contributed by atoms with Crippen LogP contribution < -0.4 is 10.1 Å². The van der Waals surface area contributed by atoms with Crippen molar-refractivity contribution in [1.82, 2.24) is 20.1 Å². The first kappa shape index (κ1) is 16.4. The number of nitrogens with one attached hydrogen (secondary N) is 1. The predicted octanol–water partition coefficient (Wildman–Crippen LogP) is 1.74. The van der Waals surface area contributed by atoms with E-state index < -0.39 is 0 Å². The molecule has 1 aliphatic rings. The van der Waals surface area contributed by atoms with Crippen LogP contribution in [-0.2, 0) is 17.7 Å². The molecule has 0 aromatic carbocycles. The van der Waals surface area contributed by atoms with Crippen molar-refractivity contribution in [2.24, 2.45) is 0 Å². The summed E-state index contributed by atoms with van der Waals surface area (Å²) in [6.07, 6.45) is 4.95. The van der Waals surface area contributed by atoms with Gasteiger partial charge in [0.15, 0.2) is 0 Å². The van der Waals surface area contributed by atoms with Gasteiger partial charge < -0.3 is 14.8 Å². The van der Waals surface area contributed by atoms with E-state index in [9.17, 15) is 4.79 Å². The first-order chi connectivity index (χ1) is 11.7. The van der Waals surface area contributed by atoms with Crippen molar-refractivity contribution in [2.45, 2.75) is 31.8 Å². The molecule has 7 heteroatoms. The average molecular weight is 330 g/mol. The molecule has 0 aliphatic heterocycles. The molecule has 24 heavy (non-hydrogen) atoms. The van der Waals surface area contributed by atoms with E-state index in [1.807, 2.05) is 4.68 Å². The highest BCUT2D eigenvalue weighted by Crippen LogP contribution is 2.28. The van der Waals surface area contributed by atoms with Crippen LogP contribution >= 0.6 is 0 Å². The van der Waals surface area contributed by atoms with Crippen molar-refractivity contribution in [1.29, 1.82) is 0 Å². The van der Waals surface area contributed by atoms with Crippen LogP contribution in [0.25, 0.3) is 0 Å². The van der Waals surface area contributed by atoms with E-state index in [0.717, 1.165) is 25.0 Å². The molecule has 0 radical (unpaired) electrons. The maximum absolute atomic E-state index is 12.5. The Morgan fingerprint density at radius 2 is 2.29 bits per heavy atom. The van der Waals surface area contributed by atoms with Gasteiger partial charge in [-0.05, 0) is 30.9 Å². The number of ether oxygens (including phenoxy) is 2. The molecule has 1 aliphatic carbocycles. The number of aromatic nitrogens is 3. The summed E-state index contributed by atoms with van der Waals surface area (Å²) in [6, 6.07) is 5.07. The summed E-state index contributed by atoms with van der Waals surface area (Å²) in [5.41, 5.74) is 2.50. The maximum atomic E-state index is 12.5. The van der Waals surface area contributed by atoms with Crippen molar-refractivity contribution < 1.29 is 14.3 Å². The molecule has 3 rings (SSSR count). The molecule has 0 saturated carbocycles. The van der Waals surface area contributed by atoms with Gasteiger partial charge in [0.2, 0.25) is 5.88 Å². The summed E-state index contributed by atoms with van der Waals surface area (Å²) in [5.74, 6) is 0.217. The van der Waals surface area contributed by atoms with E-state index >= 15 is 0 Å². The first-order valence-corrected chi connectivity index (χ1v) is 8.08. The highest BCUT2D eigenvalue weighted by Gasteiger charge is 2.26. The van der Waals surface area contributed by atoms with Crippen LogP contribution in [0.2, 0.25) is 0 Å². The Morgan fingerprint density at radius 3 is 3.08 bits per heavy atom. The van der Waals surface area contributed by atoms with Gasteiger partial charge in [0.25, 0.3) is 5.91 Å². The molecule has 2 aromatic rings. The van der Waals surface area contributed by atoms with Crippen molar-refractivity contribution in [3.63, 3.8) is 0 Å². The minimum Gasteiger partial charge on any atom is -0.481 e. The topological polar surface area (TPSA) is 78.3 Å². The number of nitrogens with zero attached hydrogens (tertiary/aromatic N) is 3. The summed E-state index contributed by atoms with van der Waals surface area (Å²) in [4.78, 5) is 16.7.